The van der Waals surface area contributed by atoms with E-state index >= 15 is 0 Å². The Kier molecular flexibility index (Phi) is 4.76. The van der Waals surface area contributed by atoms with Crippen molar-refractivity contribution < 1.29 is 13.2 Å². The van der Waals surface area contributed by atoms with Crippen LogP contribution in [0.1, 0.15) is 37.1 Å². The van der Waals surface area contributed by atoms with Crippen LogP contribution in [0.5, 0.6) is 0 Å². The maximum Gasteiger partial charge on any atom is 0.227 e. The molecule has 0 radical (unpaired) electrons. The van der Waals surface area contributed by atoms with Crippen molar-refractivity contribution in [2.75, 3.05) is 12.3 Å². The Morgan fingerprint density at radius 3 is 2.83 bits per heavy atom. The van der Waals surface area contributed by atoms with E-state index in [1.807, 2.05) is 29.3 Å². The number of carbonyl (C=O) groups excluding carboxylic acids is 1. The van der Waals surface area contributed by atoms with Gasteiger partial charge < -0.3 is 9.88 Å². The summed E-state index contributed by atoms with van der Waals surface area (Å²) in [4.78, 5) is 18.1. The zero-order valence-corrected chi connectivity index (χ0v) is 14.6. The molecule has 0 aliphatic carbocycles. The highest BCUT2D eigenvalue weighted by Crippen LogP contribution is 2.31. The van der Waals surface area contributed by atoms with Crippen LogP contribution in [0.25, 0.3) is 0 Å². The largest absolute Gasteiger partial charge is 0.363 e. The van der Waals surface area contributed by atoms with Crippen molar-refractivity contribution in [3.05, 3.63) is 53.9 Å². The number of H-pyrrole nitrogens is 1. The van der Waals surface area contributed by atoms with Crippen LogP contribution in [-0.4, -0.2) is 36.5 Å². The van der Waals surface area contributed by atoms with Crippen molar-refractivity contribution in [3.8, 4) is 0 Å². The fourth-order valence-corrected chi connectivity index (χ4v) is 4.18. The maximum atomic E-state index is 12.7. The lowest BCUT2D eigenvalue weighted by Crippen LogP contribution is -2.32. The third-order valence-electron chi connectivity index (χ3n) is 4.55. The molecular formula is C18H22N2O3S. The van der Waals surface area contributed by atoms with Crippen LogP contribution in [0, 0.1) is 0 Å². The first-order chi connectivity index (χ1) is 11.5. The summed E-state index contributed by atoms with van der Waals surface area (Å²) in [5.41, 5.74) is 1.80. The Labute approximate surface area is 142 Å². The normalized spacial score (nSPS) is 18.0. The van der Waals surface area contributed by atoms with Gasteiger partial charge in [-0.2, -0.15) is 0 Å². The molecule has 0 saturated carbocycles. The van der Waals surface area contributed by atoms with E-state index in [1.165, 1.54) is 0 Å². The van der Waals surface area contributed by atoms with Crippen molar-refractivity contribution in [2.24, 2.45) is 0 Å². The smallest absolute Gasteiger partial charge is 0.227 e. The second-order valence-corrected chi connectivity index (χ2v) is 8.38. The second kappa shape index (κ2) is 6.81. The van der Waals surface area contributed by atoms with Gasteiger partial charge in [-0.25, -0.2) is 8.42 Å². The summed E-state index contributed by atoms with van der Waals surface area (Å²) in [6.45, 7) is 2.37. The van der Waals surface area contributed by atoms with Crippen LogP contribution in [0.3, 0.4) is 0 Å². The quantitative estimate of drug-likeness (QED) is 0.905. The lowest BCUT2D eigenvalue weighted by atomic mass is 10.1. The summed E-state index contributed by atoms with van der Waals surface area (Å²) in [5.74, 6) is 0.101. The van der Waals surface area contributed by atoms with Crippen molar-refractivity contribution in [1.29, 1.82) is 0 Å². The van der Waals surface area contributed by atoms with Crippen molar-refractivity contribution in [1.82, 2.24) is 9.88 Å². The first-order valence-electron chi connectivity index (χ1n) is 8.25. The molecule has 3 rings (SSSR count). The molecule has 1 aliphatic heterocycles. The fourth-order valence-electron chi connectivity index (χ4n) is 3.23. The minimum absolute atomic E-state index is 0.0400. The van der Waals surface area contributed by atoms with E-state index in [9.17, 15) is 13.2 Å². The van der Waals surface area contributed by atoms with Gasteiger partial charge in [0.2, 0.25) is 5.91 Å². The molecule has 1 aliphatic rings. The number of sulfone groups is 1. The Morgan fingerprint density at radius 1 is 1.29 bits per heavy atom. The Morgan fingerprint density at radius 2 is 2.12 bits per heavy atom. The average molecular weight is 346 g/mol. The Balaban J connectivity index is 1.76. The topological polar surface area (TPSA) is 70.2 Å². The number of benzene rings is 1. The van der Waals surface area contributed by atoms with E-state index in [-0.39, 0.29) is 29.0 Å². The van der Waals surface area contributed by atoms with Crippen LogP contribution >= 0.6 is 0 Å². The molecule has 1 N–H and O–H groups in total. The number of amides is 1. The van der Waals surface area contributed by atoms with Gasteiger partial charge in [-0.05, 0) is 42.7 Å². The monoisotopic (exact) mass is 346 g/mol. The van der Waals surface area contributed by atoms with E-state index in [0.717, 1.165) is 30.6 Å². The van der Waals surface area contributed by atoms with Gasteiger partial charge in [0.1, 0.15) is 0 Å². The van der Waals surface area contributed by atoms with Crippen molar-refractivity contribution >= 4 is 15.7 Å². The number of nitrogens with one attached hydrogen (secondary N) is 1. The number of hydrogen-bond donors (Lipinski definition) is 1. The van der Waals surface area contributed by atoms with Crippen LogP contribution in [0.2, 0.25) is 0 Å². The third kappa shape index (κ3) is 3.38. The molecule has 1 aromatic carbocycles. The van der Waals surface area contributed by atoms with E-state index < -0.39 is 9.84 Å². The molecule has 5 nitrogen and oxygen atoms in total. The molecule has 1 aromatic heterocycles. The number of hydrogen-bond acceptors (Lipinski definition) is 3. The van der Waals surface area contributed by atoms with Gasteiger partial charge in [-0.1, -0.05) is 19.1 Å². The molecule has 1 unspecified atom stereocenters. The standard InChI is InChI=1S/C18H22N2O3S/c1-2-24(22,23)15-7-3-6-14(12-15)13-18(21)20-11-5-9-17(20)16-8-4-10-19-16/h3-4,6-8,10,12,17,19H,2,5,9,11,13H2,1H3. The third-order valence-corrected chi connectivity index (χ3v) is 6.28. The van der Waals surface area contributed by atoms with Gasteiger partial charge >= 0.3 is 0 Å². The molecule has 1 atom stereocenters. The number of carbonyl (C=O) groups is 1. The van der Waals surface area contributed by atoms with Gasteiger partial charge in [0.15, 0.2) is 9.84 Å². The highest BCUT2D eigenvalue weighted by atomic mass is 32.2. The van der Waals surface area contributed by atoms with Gasteiger partial charge in [-0.3, -0.25) is 4.79 Å². The molecular weight excluding hydrogens is 324 g/mol. The summed E-state index contributed by atoms with van der Waals surface area (Å²) >= 11 is 0. The van der Waals surface area contributed by atoms with Gasteiger partial charge in [0.05, 0.1) is 23.1 Å². The SMILES string of the molecule is CCS(=O)(=O)c1cccc(CC(=O)N2CCCC2c2ccc[nH]2)c1. The maximum absolute atomic E-state index is 12.7. The average Bonchev–Trinajstić information content (AvgIpc) is 3.26. The van der Waals surface area contributed by atoms with Gasteiger partial charge in [0, 0.05) is 18.4 Å². The summed E-state index contributed by atoms with van der Waals surface area (Å²) in [5, 5.41) is 0. The number of rotatable bonds is 5. The summed E-state index contributed by atoms with van der Waals surface area (Å²) in [6, 6.07) is 10.8. The van der Waals surface area contributed by atoms with E-state index in [0.29, 0.717) is 0 Å². The zero-order valence-electron chi connectivity index (χ0n) is 13.7. The van der Waals surface area contributed by atoms with Crippen LogP contribution in [0.15, 0.2) is 47.5 Å². The minimum atomic E-state index is -3.25. The molecule has 1 fully saturated rings. The van der Waals surface area contributed by atoms with Crippen LogP contribution in [0.4, 0.5) is 0 Å². The lowest BCUT2D eigenvalue weighted by Gasteiger charge is -2.24. The molecule has 1 saturated heterocycles. The van der Waals surface area contributed by atoms with Gasteiger partial charge in [-0.15, -0.1) is 0 Å². The van der Waals surface area contributed by atoms with E-state index in [1.54, 1.807) is 25.1 Å². The molecule has 0 bridgehead atoms. The first kappa shape index (κ1) is 16.8. The first-order valence-corrected chi connectivity index (χ1v) is 9.91. The van der Waals surface area contributed by atoms with Crippen LogP contribution in [-0.2, 0) is 21.1 Å². The molecule has 2 aromatic rings. The zero-order chi connectivity index (χ0) is 17.2. The number of aromatic amines is 1. The predicted molar refractivity (Wildman–Crippen MR) is 92.4 cm³/mol. The van der Waals surface area contributed by atoms with Crippen LogP contribution < -0.4 is 0 Å². The predicted octanol–water partition coefficient (Wildman–Crippen LogP) is 2.71. The van der Waals surface area contributed by atoms with Crippen molar-refractivity contribution in [3.63, 3.8) is 0 Å². The summed E-state index contributed by atoms with van der Waals surface area (Å²) < 4.78 is 24.0. The number of nitrogens with zero attached hydrogens (tertiary/aromatic N) is 1. The Hall–Kier alpha value is -2.08. The molecule has 1 amide bonds. The van der Waals surface area contributed by atoms with Gasteiger partial charge in [0.25, 0.3) is 0 Å². The minimum Gasteiger partial charge on any atom is -0.363 e. The summed E-state index contributed by atoms with van der Waals surface area (Å²) in [7, 11) is -3.25. The molecule has 0 spiro atoms. The Bertz CT molecular complexity index is 813. The molecule has 6 heteroatoms. The number of likely N-dealkylation sites (tertiary alicyclic amines) is 1. The van der Waals surface area contributed by atoms with Crippen molar-refractivity contribution in [2.45, 2.75) is 37.1 Å². The second-order valence-electron chi connectivity index (χ2n) is 6.10. The van der Waals surface area contributed by atoms with E-state index in [2.05, 4.69) is 4.98 Å². The highest BCUT2D eigenvalue weighted by molar-refractivity contribution is 7.91. The summed E-state index contributed by atoms with van der Waals surface area (Å²) in [6.07, 6.45) is 4.04. The number of aromatic nitrogens is 1. The highest BCUT2D eigenvalue weighted by Gasteiger charge is 2.30. The van der Waals surface area contributed by atoms with E-state index in [4.69, 9.17) is 0 Å². The molecule has 2 heterocycles. The lowest BCUT2D eigenvalue weighted by molar-refractivity contribution is -0.131. The fraction of sp³-hybridized carbons (Fsp3) is 0.389. The molecule has 24 heavy (non-hydrogen) atoms. The molecule has 128 valence electrons.